The van der Waals surface area contributed by atoms with Crippen molar-refractivity contribution in [3.63, 3.8) is 0 Å². The summed E-state index contributed by atoms with van der Waals surface area (Å²) in [7, 11) is 0. The maximum absolute atomic E-state index is 11.0. The van der Waals surface area contributed by atoms with E-state index in [1.165, 1.54) is 22.3 Å². The molecule has 0 aromatic heterocycles. The molecule has 2 rings (SSSR count). The van der Waals surface area contributed by atoms with Gasteiger partial charge in [0.2, 0.25) is 0 Å². The average Bonchev–Trinajstić information content (AvgIpc) is 2.49. The smallest absolute Gasteiger partial charge is 0.150 e. The van der Waals surface area contributed by atoms with Crippen LogP contribution in [0.5, 0.6) is 0 Å². The van der Waals surface area contributed by atoms with E-state index in [2.05, 4.69) is 44.7 Å². The Hall–Kier alpha value is -2.41. The fraction of sp³-hybridized carbons (Fsp3) is 0.150. The van der Waals surface area contributed by atoms with Gasteiger partial charge in [-0.1, -0.05) is 60.7 Å². The number of carbonyl (C=O) groups is 1. The second-order valence-corrected chi connectivity index (χ2v) is 5.28. The number of rotatable bonds is 5. The van der Waals surface area contributed by atoms with Gasteiger partial charge in [0, 0.05) is 5.56 Å². The number of carbonyl (C=O) groups excluding carboxylic acids is 1. The Morgan fingerprint density at radius 3 is 2.43 bits per heavy atom. The van der Waals surface area contributed by atoms with Gasteiger partial charge in [0.15, 0.2) is 0 Å². The fourth-order valence-corrected chi connectivity index (χ4v) is 2.37. The third-order valence-electron chi connectivity index (χ3n) is 3.58. The third kappa shape index (κ3) is 3.79. The molecule has 0 fully saturated rings. The quantitative estimate of drug-likeness (QED) is 0.559. The first-order valence-electron chi connectivity index (χ1n) is 7.07. The van der Waals surface area contributed by atoms with Gasteiger partial charge in [-0.25, -0.2) is 0 Å². The maximum atomic E-state index is 11.0. The molecular formula is C20H20O. The van der Waals surface area contributed by atoms with Crippen molar-refractivity contribution in [2.45, 2.75) is 20.3 Å². The first-order valence-corrected chi connectivity index (χ1v) is 7.07. The van der Waals surface area contributed by atoms with Crippen LogP contribution in [0.4, 0.5) is 0 Å². The molecule has 0 aliphatic carbocycles. The second-order valence-electron chi connectivity index (χ2n) is 5.28. The van der Waals surface area contributed by atoms with Gasteiger partial charge in [-0.15, -0.1) is 0 Å². The number of aryl methyl sites for hydroxylation is 2. The normalized spacial score (nSPS) is 11.2. The van der Waals surface area contributed by atoms with E-state index in [1.54, 1.807) is 6.08 Å². The lowest BCUT2D eigenvalue weighted by Gasteiger charge is -2.12. The van der Waals surface area contributed by atoms with Crippen LogP contribution in [-0.4, -0.2) is 6.29 Å². The highest BCUT2D eigenvalue weighted by atomic mass is 16.1. The van der Waals surface area contributed by atoms with E-state index in [-0.39, 0.29) is 0 Å². The summed E-state index contributed by atoms with van der Waals surface area (Å²) in [5.74, 6) is 0. The van der Waals surface area contributed by atoms with Crippen LogP contribution in [0.3, 0.4) is 0 Å². The lowest BCUT2D eigenvalue weighted by molar-refractivity contribution is 0.112. The minimum Gasteiger partial charge on any atom is -0.298 e. The first kappa shape index (κ1) is 15.0. The molecule has 1 heteroatoms. The summed E-state index contributed by atoms with van der Waals surface area (Å²) in [5.41, 5.74) is 6.67. The topological polar surface area (TPSA) is 17.1 Å². The summed E-state index contributed by atoms with van der Waals surface area (Å²) in [4.78, 5) is 11.0. The highest BCUT2D eigenvalue weighted by Gasteiger charge is 2.07. The van der Waals surface area contributed by atoms with Gasteiger partial charge in [-0.2, -0.15) is 0 Å². The summed E-state index contributed by atoms with van der Waals surface area (Å²) in [6.45, 7) is 7.96. The van der Waals surface area contributed by atoms with Crippen molar-refractivity contribution in [2.75, 3.05) is 0 Å². The molecule has 0 bridgehead atoms. The Morgan fingerprint density at radius 2 is 1.81 bits per heavy atom. The SMILES string of the molecule is C=C/C=C(/Cc1ccc(C)cc1)c1cc(C=O)ccc1C. The number of allylic oxidation sites excluding steroid dienone is 3. The van der Waals surface area contributed by atoms with Crippen molar-refractivity contribution in [3.05, 3.63) is 89.0 Å². The summed E-state index contributed by atoms with van der Waals surface area (Å²) in [5, 5.41) is 0. The number of hydrogen-bond acceptors (Lipinski definition) is 1. The van der Waals surface area contributed by atoms with E-state index in [0.29, 0.717) is 5.56 Å². The summed E-state index contributed by atoms with van der Waals surface area (Å²) >= 11 is 0. The Kier molecular flexibility index (Phi) is 4.89. The molecule has 2 aromatic rings. The van der Waals surface area contributed by atoms with Crippen LogP contribution < -0.4 is 0 Å². The molecule has 0 unspecified atom stereocenters. The minimum absolute atomic E-state index is 0.703. The first-order chi connectivity index (χ1) is 10.1. The molecule has 106 valence electrons. The third-order valence-corrected chi connectivity index (χ3v) is 3.58. The second kappa shape index (κ2) is 6.85. The van der Waals surface area contributed by atoms with Crippen molar-refractivity contribution in [3.8, 4) is 0 Å². The lowest BCUT2D eigenvalue weighted by Crippen LogP contribution is -1.96. The van der Waals surface area contributed by atoms with E-state index in [0.717, 1.165) is 18.3 Å². The minimum atomic E-state index is 0.703. The lowest BCUT2D eigenvalue weighted by atomic mass is 9.93. The van der Waals surface area contributed by atoms with Crippen molar-refractivity contribution in [1.29, 1.82) is 0 Å². The van der Waals surface area contributed by atoms with Gasteiger partial charge in [0.1, 0.15) is 6.29 Å². The van der Waals surface area contributed by atoms with Crippen LogP contribution >= 0.6 is 0 Å². The maximum Gasteiger partial charge on any atom is 0.150 e. The zero-order valence-corrected chi connectivity index (χ0v) is 12.6. The van der Waals surface area contributed by atoms with Gasteiger partial charge in [0.05, 0.1) is 0 Å². The average molecular weight is 276 g/mol. The highest BCUT2D eigenvalue weighted by molar-refractivity contribution is 5.80. The summed E-state index contributed by atoms with van der Waals surface area (Å²) in [6, 6.07) is 14.3. The van der Waals surface area contributed by atoms with Crippen molar-refractivity contribution >= 4 is 11.9 Å². The molecule has 0 aliphatic heterocycles. The molecule has 0 atom stereocenters. The zero-order valence-electron chi connectivity index (χ0n) is 12.6. The summed E-state index contributed by atoms with van der Waals surface area (Å²) in [6.07, 6.45) is 5.54. The van der Waals surface area contributed by atoms with Crippen LogP contribution in [-0.2, 0) is 6.42 Å². The molecule has 1 nitrogen and oxygen atoms in total. The highest BCUT2D eigenvalue weighted by Crippen LogP contribution is 2.24. The molecule has 0 aliphatic rings. The van der Waals surface area contributed by atoms with Crippen LogP contribution in [0.2, 0.25) is 0 Å². The standard InChI is InChI=1S/C20H20O/c1-4-5-19(12-17-9-6-15(2)7-10-17)20-13-18(14-21)11-8-16(20)3/h4-11,13-14H,1,12H2,2-3H3/b19-5-. The molecular weight excluding hydrogens is 256 g/mol. The number of aldehydes is 1. The van der Waals surface area contributed by atoms with Crippen LogP contribution in [0.1, 0.15) is 32.6 Å². The van der Waals surface area contributed by atoms with Crippen molar-refractivity contribution in [2.24, 2.45) is 0 Å². The Labute approximate surface area is 126 Å². The fourth-order valence-electron chi connectivity index (χ4n) is 2.37. The van der Waals surface area contributed by atoms with Crippen LogP contribution in [0.15, 0.2) is 61.2 Å². The molecule has 21 heavy (non-hydrogen) atoms. The van der Waals surface area contributed by atoms with Gasteiger partial charge < -0.3 is 0 Å². The molecule has 0 saturated carbocycles. The monoisotopic (exact) mass is 276 g/mol. The van der Waals surface area contributed by atoms with E-state index >= 15 is 0 Å². The molecule has 0 amide bonds. The van der Waals surface area contributed by atoms with Gasteiger partial charge >= 0.3 is 0 Å². The van der Waals surface area contributed by atoms with Crippen molar-refractivity contribution < 1.29 is 4.79 Å². The largest absolute Gasteiger partial charge is 0.298 e. The molecule has 0 spiro atoms. The molecule has 2 aromatic carbocycles. The zero-order chi connectivity index (χ0) is 15.2. The number of hydrogen-bond donors (Lipinski definition) is 0. The van der Waals surface area contributed by atoms with Crippen LogP contribution in [0, 0.1) is 13.8 Å². The number of benzene rings is 2. The Balaban J connectivity index is 2.40. The Morgan fingerprint density at radius 1 is 1.10 bits per heavy atom. The van der Waals surface area contributed by atoms with E-state index in [1.807, 2.05) is 24.3 Å². The predicted octanol–water partition coefficient (Wildman–Crippen LogP) is 4.93. The van der Waals surface area contributed by atoms with Gasteiger partial charge in [-0.05, 0) is 48.6 Å². The summed E-state index contributed by atoms with van der Waals surface area (Å²) < 4.78 is 0. The molecule has 0 N–H and O–H groups in total. The predicted molar refractivity (Wildman–Crippen MR) is 89.6 cm³/mol. The molecule has 0 saturated heterocycles. The Bertz CT molecular complexity index is 675. The van der Waals surface area contributed by atoms with Gasteiger partial charge in [0.25, 0.3) is 0 Å². The molecule has 0 radical (unpaired) electrons. The van der Waals surface area contributed by atoms with E-state index in [4.69, 9.17) is 0 Å². The van der Waals surface area contributed by atoms with Gasteiger partial charge in [-0.3, -0.25) is 4.79 Å². The van der Waals surface area contributed by atoms with E-state index < -0.39 is 0 Å². The van der Waals surface area contributed by atoms with Crippen molar-refractivity contribution in [1.82, 2.24) is 0 Å². The van der Waals surface area contributed by atoms with Crippen LogP contribution in [0.25, 0.3) is 5.57 Å². The van der Waals surface area contributed by atoms with E-state index in [9.17, 15) is 4.79 Å². The molecule has 0 heterocycles.